The quantitative estimate of drug-likeness (QED) is 0.411. The molecular weight excluding hydrogens is 467 g/mol. The molecular formula is C31H33FN2O3. The second kappa shape index (κ2) is 10.8. The summed E-state index contributed by atoms with van der Waals surface area (Å²) in [4.78, 5) is 32.0. The topological polar surface area (TPSA) is 49.9 Å². The number of fused-ring (bicyclic) bond motifs is 1. The Morgan fingerprint density at radius 1 is 0.973 bits per heavy atom. The smallest absolute Gasteiger partial charge is 0.255 e. The Morgan fingerprint density at radius 2 is 1.65 bits per heavy atom. The van der Waals surface area contributed by atoms with Gasteiger partial charge < -0.3 is 14.5 Å². The second-order valence-electron chi connectivity index (χ2n) is 10.1. The van der Waals surface area contributed by atoms with Crippen molar-refractivity contribution in [2.24, 2.45) is 0 Å². The van der Waals surface area contributed by atoms with E-state index in [4.69, 9.17) is 4.74 Å². The number of hydrogen-bond acceptors (Lipinski definition) is 3. The summed E-state index contributed by atoms with van der Waals surface area (Å²) in [5.74, 6) is -0.289. The van der Waals surface area contributed by atoms with Gasteiger partial charge in [-0.15, -0.1) is 0 Å². The molecule has 0 unspecified atom stereocenters. The molecule has 0 N–H and O–H groups in total. The number of likely N-dealkylation sites (N-methyl/N-ethyl adjacent to an activating group) is 1. The minimum atomic E-state index is -0.560. The highest BCUT2D eigenvalue weighted by molar-refractivity contribution is 6.01. The van der Waals surface area contributed by atoms with E-state index in [0.717, 1.165) is 42.4 Å². The van der Waals surface area contributed by atoms with Crippen molar-refractivity contribution in [2.75, 3.05) is 14.2 Å². The largest absolute Gasteiger partial charge is 0.497 e. The van der Waals surface area contributed by atoms with Gasteiger partial charge in [-0.1, -0.05) is 61.7 Å². The lowest BCUT2D eigenvalue weighted by Crippen LogP contribution is -2.49. The van der Waals surface area contributed by atoms with Crippen molar-refractivity contribution in [1.29, 1.82) is 0 Å². The molecule has 0 radical (unpaired) electrons. The minimum absolute atomic E-state index is 0.0248. The highest BCUT2D eigenvalue weighted by atomic mass is 19.1. The normalized spacial score (nSPS) is 19.9. The Hall–Kier alpha value is -3.67. The molecule has 5 rings (SSSR count). The summed E-state index contributed by atoms with van der Waals surface area (Å²) in [6.45, 7) is 0.265. The summed E-state index contributed by atoms with van der Waals surface area (Å²) in [6, 6.07) is 20.9. The Balaban J connectivity index is 1.62. The van der Waals surface area contributed by atoms with Gasteiger partial charge in [-0.2, -0.15) is 0 Å². The number of halogens is 1. The van der Waals surface area contributed by atoms with Gasteiger partial charge >= 0.3 is 0 Å². The van der Waals surface area contributed by atoms with Gasteiger partial charge in [-0.25, -0.2) is 4.39 Å². The van der Waals surface area contributed by atoms with Gasteiger partial charge in [0.15, 0.2) is 0 Å². The fraction of sp³-hybridized carbons (Fsp3) is 0.355. The first kappa shape index (κ1) is 25.0. The van der Waals surface area contributed by atoms with Crippen LogP contribution in [-0.4, -0.2) is 41.8 Å². The first-order valence-electron chi connectivity index (χ1n) is 13.0. The van der Waals surface area contributed by atoms with Crippen LogP contribution in [0.1, 0.15) is 71.1 Å². The van der Waals surface area contributed by atoms with Crippen LogP contribution in [0.3, 0.4) is 0 Å². The van der Waals surface area contributed by atoms with Crippen LogP contribution in [0.25, 0.3) is 0 Å². The van der Waals surface area contributed by atoms with Crippen LogP contribution in [0.2, 0.25) is 0 Å². The van der Waals surface area contributed by atoms with E-state index >= 15 is 0 Å². The minimum Gasteiger partial charge on any atom is -0.497 e. The van der Waals surface area contributed by atoms with E-state index in [1.165, 1.54) is 18.6 Å². The third kappa shape index (κ3) is 4.97. The van der Waals surface area contributed by atoms with Crippen LogP contribution in [0.15, 0.2) is 72.8 Å². The lowest BCUT2D eigenvalue weighted by molar-refractivity contribution is -0.136. The highest BCUT2D eigenvalue weighted by Crippen LogP contribution is 2.45. The molecule has 2 atom stereocenters. The second-order valence-corrected chi connectivity index (χ2v) is 10.1. The van der Waals surface area contributed by atoms with Crippen LogP contribution in [0, 0.1) is 5.82 Å². The zero-order valence-corrected chi connectivity index (χ0v) is 21.4. The van der Waals surface area contributed by atoms with Crippen LogP contribution < -0.4 is 4.74 Å². The molecule has 0 aromatic heterocycles. The molecule has 1 heterocycles. The molecule has 1 saturated carbocycles. The SMILES string of the molecule is COc1ccc([C@H]2[C@H](C(=O)N(C)C3CCCCC3)c3ccccc3C(=O)N2Cc2ccc(F)cc2)cc1. The van der Waals surface area contributed by atoms with Crippen molar-refractivity contribution < 1.29 is 18.7 Å². The van der Waals surface area contributed by atoms with Gasteiger partial charge in [0, 0.05) is 25.2 Å². The van der Waals surface area contributed by atoms with Gasteiger partial charge in [-0.3, -0.25) is 9.59 Å². The molecule has 2 amide bonds. The standard InChI is InChI=1S/C31H33FN2O3/c1-33(24-8-4-3-5-9-24)31(36)28-26-10-6-7-11-27(26)30(35)34(20-21-12-16-23(32)17-13-21)29(28)22-14-18-25(37-2)19-15-22/h6-7,10-19,24,28-29H,3-5,8-9,20H2,1-2H3/t28-,29+/m1/s1. The number of hydrogen-bond donors (Lipinski definition) is 0. The predicted molar refractivity (Wildman–Crippen MR) is 141 cm³/mol. The average Bonchev–Trinajstić information content (AvgIpc) is 2.95. The van der Waals surface area contributed by atoms with Crippen LogP contribution in [-0.2, 0) is 11.3 Å². The average molecular weight is 501 g/mol. The number of nitrogens with zero attached hydrogens (tertiary/aromatic N) is 2. The molecule has 5 nitrogen and oxygen atoms in total. The molecule has 192 valence electrons. The Labute approximate surface area is 217 Å². The van der Waals surface area contributed by atoms with Crippen LogP contribution >= 0.6 is 0 Å². The maximum atomic E-state index is 14.3. The lowest BCUT2D eigenvalue weighted by Gasteiger charge is -2.44. The maximum Gasteiger partial charge on any atom is 0.255 e. The molecule has 1 fully saturated rings. The van der Waals surface area contributed by atoms with Gasteiger partial charge in [0.2, 0.25) is 5.91 Å². The number of benzene rings is 3. The molecule has 6 heteroatoms. The van der Waals surface area contributed by atoms with E-state index in [2.05, 4.69) is 0 Å². The third-order valence-electron chi connectivity index (χ3n) is 7.90. The molecule has 0 spiro atoms. The maximum absolute atomic E-state index is 14.3. The number of methoxy groups -OCH3 is 1. The first-order valence-corrected chi connectivity index (χ1v) is 13.0. The molecule has 3 aromatic carbocycles. The number of ether oxygens (including phenoxy) is 1. The third-order valence-corrected chi connectivity index (χ3v) is 7.90. The molecule has 3 aromatic rings. The molecule has 1 aliphatic heterocycles. The van der Waals surface area contributed by atoms with E-state index < -0.39 is 12.0 Å². The predicted octanol–water partition coefficient (Wildman–Crippen LogP) is 6.11. The van der Waals surface area contributed by atoms with Gasteiger partial charge in [0.05, 0.1) is 19.1 Å². The Kier molecular flexibility index (Phi) is 7.26. The number of carbonyl (C=O) groups excluding carboxylic acids is 2. The molecule has 2 aliphatic rings. The Bertz CT molecular complexity index is 1250. The van der Waals surface area contributed by atoms with Gasteiger partial charge in [-0.05, 0) is 59.9 Å². The number of carbonyl (C=O) groups is 2. The summed E-state index contributed by atoms with van der Waals surface area (Å²) in [5.41, 5.74) is 2.97. The van der Waals surface area contributed by atoms with Gasteiger partial charge in [0.25, 0.3) is 5.91 Å². The van der Waals surface area contributed by atoms with Crippen molar-refractivity contribution in [2.45, 2.75) is 56.7 Å². The Morgan fingerprint density at radius 3 is 2.32 bits per heavy atom. The molecule has 0 bridgehead atoms. The van der Waals surface area contributed by atoms with E-state index in [0.29, 0.717) is 11.3 Å². The summed E-state index contributed by atoms with van der Waals surface area (Å²) < 4.78 is 19.0. The summed E-state index contributed by atoms with van der Waals surface area (Å²) in [7, 11) is 3.52. The van der Waals surface area contributed by atoms with Crippen LogP contribution in [0.5, 0.6) is 5.75 Å². The summed E-state index contributed by atoms with van der Waals surface area (Å²) >= 11 is 0. The molecule has 1 aliphatic carbocycles. The summed E-state index contributed by atoms with van der Waals surface area (Å²) in [6.07, 6.45) is 5.46. The van der Waals surface area contributed by atoms with Crippen molar-refractivity contribution in [3.63, 3.8) is 0 Å². The number of rotatable bonds is 6. The van der Waals surface area contributed by atoms with Crippen molar-refractivity contribution >= 4 is 11.8 Å². The molecule has 37 heavy (non-hydrogen) atoms. The first-order chi connectivity index (χ1) is 18.0. The zero-order valence-electron chi connectivity index (χ0n) is 21.4. The van der Waals surface area contributed by atoms with E-state index in [-0.39, 0.29) is 30.2 Å². The fourth-order valence-electron chi connectivity index (χ4n) is 5.86. The molecule has 0 saturated heterocycles. The van der Waals surface area contributed by atoms with Crippen molar-refractivity contribution in [3.05, 3.63) is 101 Å². The van der Waals surface area contributed by atoms with Crippen molar-refractivity contribution in [1.82, 2.24) is 9.80 Å². The van der Waals surface area contributed by atoms with E-state index in [1.807, 2.05) is 54.4 Å². The lowest BCUT2D eigenvalue weighted by atomic mass is 9.78. The monoisotopic (exact) mass is 500 g/mol. The zero-order chi connectivity index (χ0) is 25.9. The van der Waals surface area contributed by atoms with Crippen LogP contribution in [0.4, 0.5) is 4.39 Å². The number of amides is 2. The fourth-order valence-corrected chi connectivity index (χ4v) is 5.86. The highest BCUT2D eigenvalue weighted by Gasteiger charge is 2.45. The van der Waals surface area contributed by atoms with E-state index in [1.54, 1.807) is 30.2 Å². The van der Waals surface area contributed by atoms with Crippen molar-refractivity contribution in [3.8, 4) is 5.75 Å². The van der Waals surface area contributed by atoms with Gasteiger partial charge in [0.1, 0.15) is 11.6 Å². The van der Waals surface area contributed by atoms with E-state index in [9.17, 15) is 14.0 Å². The summed E-state index contributed by atoms with van der Waals surface area (Å²) in [5, 5.41) is 0.